The van der Waals surface area contributed by atoms with Gasteiger partial charge in [-0.15, -0.1) is 0 Å². The lowest BCUT2D eigenvalue weighted by molar-refractivity contribution is 0.0956. The van der Waals surface area contributed by atoms with Gasteiger partial charge in [-0.25, -0.2) is 9.82 Å². The fourth-order valence-corrected chi connectivity index (χ4v) is 3.17. The molecule has 0 atom stereocenters. The summed E-state index contributed by atoms with van der Waals surface area (Å²) >= 11 is 0. The van der Waals surface area contributed by atoms with Gasteiger partial charge in [-0.05, 0) is 47.2 Å². The summed E-state index contributed by atoms with van der Waals surface area (Å²) in [6.45, 7) is 0. The number of fused-ring (bicyclic) bond motifs is 1. The molecule has 4 aromatic carbocycles. The Balaban J connectivity index is 1.49. The summed E-state index contributed by atoms with van der Waals surface area (Å²) in [4.78, 5) is 25.1. The van der Waals surface area contributed by atoms with Crippen LogP contribution in [-0.4, -0.2) is 18.0 Å². The lowest BCUT2D eigenvalue weighted by Gasteiger charge is -2.10. The maximum atomic E-state index is 13.1. The first-order valence-electron chi connectivity index (χ1n) is 9.59. The number of benzene rings is 4. The van der Waals surface area contributed by atoms with Gasteiger partial charge < -0.3 is 5.32 Å². The minimum absolute atomic E-state index is 0.257. The van der Waals surface area contributed by atoms with Gasteiger partial charge in [0.15, 0.2) is 0 Å². The van der Waals surface area contributed by atoms with Crippen molar-refractivity contribution in [1.29, 1.82) is 0 Å². The Morgan fingerprint density at radius 3 is 2.32 bits per heavy atom. The van der Waals surface area contributed by atoms with Crippen LogP contribution in [0.4, 0.5) is 10.1 Å². The second kappa shape index (κ2) is 9.00. The Labute approximate surface area is 178 Å². The third kappa shape index (κ3) is 4.64. The number of hydrazone groups is 1. The molecule has 4 aromatic rings. The first-order valence-corrected chi connectivity index (χ1v) is 9.59. The molecule has 152 valence electrons. The van der Waals surface area contributed by atoms with E-state index in [1.807, 2.05) is 42.5 Å². The first-order chi connectivity index (χ1) is 15.1. The number of rotatable bonds is 5. The number of hydrogen-bond acceptors (Lipinski definition) is 3. The number of nitrogens with one attached hydrogen (secondary N) is 2. The summed E-state index contributed by atoms with van der Waals surface area (Å²) in [6, 6.07) is 25.5. The van der Waals surface area contributed by atoms with Gasteiger partial charge in [-0.1, -0.05) is 54.6 Å². The average molecular weight is 411 g/mol. The molecule has 0 aliphatic rings. The molecular weight excluding hydrogens is 393 g/mol. The molecule has 0 saturated heterocycles. The van der Waals surface area contributed by atoms with Gasteiger partial charge >= 0.3 is 0 Å². The Morgan fingerprint density at radius 1 is 0.774 bits per heavy atom. The monoisotopic (exact) mass is 411 g/mol. The maximum absolute atomic E-state index is 13.1. The van der Waals surface area contributed by atoms with Crippen LogP contribution >= 0.6 is 0 Å². The predicted molar refractivity (Wildman–Crippen MR) is 120 cm³/mol. The Kier molecular flexibility index (Phi) is 5.80. The molecule has 0 radical (unpaired) electrons. The minimum atomic E-state index is -0.466. The van der Waals surface area contributed by atoms with E-state index in [9.17, 15) is 14.0 Å². The van der Waals surface area contributed by atoms with E-state index in [0.717, 1.165) is 16.3 Å². The van der Waals surface area contributed by atoms with Crippen LogP contribution in [0.1, 0.15) is 26.3 Å². The van der Waals surface area contributed by atoms with Crippen molar-refractivity contribution in [3.63, 3.8) is 0 Å². The summed E-state index contributed by atoms with van der Waals surface area (Å²) in [5.74, 6) is -1.34. The Bertz CT molecular complexity index is 1280. The van der Waals surface area contributed by atoms with E-state index in [-0.39, 0.29) is 11.1 Å². The number of amides is 2. The molecule has 0 aliphatic carbocycles. The largest absolute Gasteiger partial charge is 0.321 e. The van der Waals surface area contributed by atoms with Crippen molar-refractivity contribution in [2.75, 3.05) is 5.32 Å². The fourth-order valence-electron chi connectivity index (χ4n) is 3.17. The molecule has 0 heterocycles. The number of hydrogen-bond donors (Lipinski definition) is 2. The summed E-state index contributed by atoms with van der Waals surface area (Å²) in [5.41, 5.74) is 4.24. The van der Waals surface area contributed by atoms with Crippen LogP contribution in [0.2, 0.25) is 0 Å². The predicted octanol–water partition coefficient (Wildman–Crippen LogP) is 5.00. The van der Waals surface area contributed by atoms with Gasteiger partial charge in [0.05, 0.1) is 17.5 Å². The molecule has 4 rings (SSSR count). The number of nitrogens with zero attached hydrogens (tertiary/aromatic N) is 1. The van der Waals surface area contributed by atoms with E-state index in [1.54, 1.807) is 30.5 Å². The molecule has 31 heavy (non-hydrogen) atoms. The van der Waals surface area contributed by atoms with Crippen LogP contribution < -0.4 is 10.7 Å². The van der Waals surface area contributed by atoms with Crippen LogP contribution in [0.15, 0.2) is 96.1 Å². The summed E-state index contributed by atoms with van der Waals surface area (Å²) in [6.07, 6.45) is 1.58. The highest BCUT2D eigenvalue weighted by Gasteiger charge is 2.14. The third-order valence-corrected chi connectivity index (χ3v) is 4.72. The summed E-state index contributed by atoms with van der Waals surface area (Å²) < 4.78 is 13.1. The second-order valence-corrected chi connectivity index (χ2v) is 6.77. The van der Waals surface area contributed by atoms with Crippen molar-refractivity contribution in [2.24, 2.45) is 5.10 Å². The summed E-state index contributed by atoms with van der Waals surface area (Å²) in [5, 5.41) is 8.86. The first kappa shape index (κ1) is 20.0. The van der Waals surface area contributed by atoms with Gasteiger partial charge in [0, 0.05) is 11.1 Å². The van der Waals surface area contributed by atoms with Crippen LogP contribution in [0.5, 0.6) is 0 Å². The van der Waals surface area contributed by atoms with Crippen LogP contribution in [0, 0.1) is 5.82 Å². The topological polar surface area (TPSA) is 70.6 Å². The molecular formula is C25H18FN3O2. The molecule has 0 aromatic heterocycles. The highest BCUT2D eigenvalue weighted by molar-refractivity contribution is 6.09. The molecule has 0 saturated carbocycles. The van der Waals surface area contributed by atoms with E-state index in [2.05, 4.69) is 15.8 Å². The number of halogens is 1. The van der Waals surface area contributed by atoms with Crippen molar-refractivity contribution >= 4 is 34.5 Å². The SMILES string of the molecule is O=C(Nc1ccccc1C(=O)N/N=C/c1cccc2ccccc12)c1ccc(F)cc1. The zero-order chi connectivity index (χ0) is 21.6. The third-order valence-electron chi connectivity index (χ3n) is 4.72. The van der Waals surface area contributed by atoms with E-state index in [1.165, 1.54) is 24.3 Å². The molecule has 0 bridgehead atoms. The number of para-hydroxylation sites is 1. The summed E-state index contributed by atoms with van der Waals surface area (Å²) in [7, 11) is 0. The van der Waals surface area contributed by atoms with Crippen LogP contribution in [-0.2, 0) is 0 Å². The number of carbonyl (C=O) groups excluding carboxylic acids is 2. The van der Waals surface area contributed by atoms with Crippen molar-refractivity contribution in [2.45, 2.75) is 0 Å². The lowest BCUT2D eigenvalue weighted by atomic mass is 10.1. The lowest BCUT2D eigenvalue weighted by Crippen LogP contribution is -2.21. The van der Waals surface area contributed by atoms with E-state index in [0.29, 0.717) is 5.69 Å². The highest BCUT2D eigenvalue weighted by atomic mass is 19.1. The molecule has 6 heteroatoms. The molecule has 0 fully saturated rings. The zero-order valence-corrected chi connectivity index (χ0v) is 16.4. The average Bonchev–Trinajstić information content (AvgIpc) is 2.80. The van der Waals surface area contributed by atoms with Gasteiger partial charge in [0.25, 0.3) is 11.8 Å². The normalized spacial score (nSPS) is 10.9. The van der Waals surface area contributed by atoms with Crippen molar-refractivity contribution in [1.82, 2.24) is 5.43 Å². The number of carbonyl (C=O) groups is 2. The Hall–Kier alpha value is -4.32. The van der Waals surface area contributed by atoms with Crippen molar-refractivity contribution in [3.05, 3.63) is 114 Å². The molecule has 2 N–H and O–H groups in total. The van der Waals surface area contributed by atoms with E-state index in [4.69, 9.17) is 0 Å². The molecule has 2 amide bonds. The molecule has 0 unspecified atom stereocenters. The minimum Gasteiger partial charge on any atom is -0.321 e. The van der Waals surface area contributed by atoms with Crippen LogP contribution in [0.3, 0.4) is 0 Å². The molecule has 0 spiro atoms. The van der Waals surface area contributed by atoms with E-state index >= 15 is 0 Å². The van der Waals surface area contributed by atoms with Gasteiger partial charge in [-0.2, -0.15) is 5.10 Å². The second-order valence-electron chi connectivity index (χ2n) is 6.77. The smallest absolute Gasteiger partial charge is 0.273 e. The standard InChI is InChI=1S/C25H18FN3O2/c26-20-14-12-18(13-15-20)24(30)28-23-11-4-3-10-22(23)25(31)29-27-16-19-8-5-7-17-6-1-2-9-21(17)19/h1-16H,(H,28,30)(H,29,31)/b27-16+. The van der Waals surface area contributed by atoms with Gasteiger partial charge in [0.1, 0.15) is 5.82 Å². The Morgan fingerprint density at radius 2 is 1.48 bits per heavy atom. The molecule has 5 nitrogen and oxygen atoms in total. The van der Waals surface area contributed by atoms with E-state index < -0.39 is 17.6 Å². The quantitative estimate of drug-likeness (QED) is 0.359. The molecule has 0 aliphatic heterocycles. The van der Waals surface area contributed by atoms with Crippen molar-refractivity contribution in [3.8, 4) is 0 Å². The van der Waals surface area contributed by atoms with Gasteiger partial charge in [0.2, 0.25) is 0 Å². The van der Waals surface area contributed by atoms with Gasteiger partial charge in [-0.3, -0.25) is 9.59 Å². The maximum Gasteiger partial charge on any atom is 0.273 e. The van der Waals surface area contributed by atoms with Crippen LogP contribution in [0.25, 0.3) is 10.8 Å². The van der Waals surface area contributed by atoms with Crippen molar-refractivity contribution < 1.29 is 14.0 Å². The zero-order valence-electron chi connectivity index (χ0n) is 16.4. The highest BCUT2D eigenvalue weighted by Crippen LogP contribution is 2.18. The fraction of sp³-hybridized carbons (Fsp3) is 0. The number of anilines is 1.